The maximum Gasteiger partial charge on any atom is 0.243 e. The Kier molecular flexibility index (Phi) is 7.46. The highest BCUT2D eigenvalue weighted by atomic mass is 35.5. The number of aliphatic imine (C=N–C) groups is 1. The largest absolute Gasteiger partial charge is 0.353 e. The van der Waals surface area contributed by atoms with Crippen LogP contribution in [0.2, 0.25) is 5.02 Å². The van der Waals surface area contributed by atoms with Crippen molar-refractivity contribution in [3.05, 3.63) is 47.5 Å². The molecule has 120 valence electrons. The second-order valence-corrected chi connectivity index (χ2v) is 5.48. The molecule has 1 aromatic carbocycles. The van der Waals surface area contributed by atoms with Crippen molar-refractivity contribution in [3.63, 3.8) is 0 Å². The van der Waals surface area contributed by atoms with Gasteiger partial charge in [0, 0.05) is 25.7 Å². The van der Waals surface area contributed by atoms with E-state index in [1.165, 1.54) is 4.90 Å². The van der Waals surface area contributed by atoms with Crippen LogP contribution >= 0.6 is 11.6 Å². The summed E-state index contributed by atoms with van der Waals surface area (Å²) in [5, 5.41) is 7.03. The predicted octanol–water partition coefficient (Wildman–Crippen LogP) is 2.21. The molecule has 0 aromatic heterocycles. The van der Waals surface area contributed by atoms with Gasteiger partial charge in [0.05, 0.1) is 6.04 Å². The summed E-state index contributed by atoms with van der Waals surface area (Å²) in [4.78, 5) is 17.4. The molecule has 22 heavy (non-hydrogen) atoms. The summed E-state index contributed by atoms with van der Waals surface area (Å²) in [6.45, 7) is 6.32. The maximum absolute atomic E-state index is 11.6. The summed E-state index contributed by atoms with van der Waals surface area (Å²) in [7, 11) is 3.41. The number of nitrogens with one attached hydrogen (secondary N) is 2. The zero-order valence-electron chi connectivity index (χ0n) is 13.3. The lowest BCUT2D eigenvalue weighted by atomic mass is 10.1. The first-order valence-corrected chi connectivity index (χ1v) is 7.43. The van der Waals surface area contributed by atoms with E-state index in [0.29, 0.717) is 17.5 Å². The number of nitrogens with zero attached hydrogens (tertiary/aromatic N) is 2. The molecule has 0 saturated carbocycles. The minimum atomic E-state index is -0.0601. The molecule has 1 aromatic rings. The van der Waals surface area contributed by atoms with E-state index in [1.807, 2.05) is 31.2 Å². The number of guanidine groups is 1. The molecule has 0 heterocycles. The third-order valence-corrected chi connectivity index (χ3v) is 3.22. The Morgan fingerprint density at radius 3 is 2.82 bits per heavy atom. The lowest BCUT2D eigenvalue weighted by molar-refractivity contribution is -0.127. The van der Waals surface area contributed by atoms with Gasteiger partial charge in [-0.25, -0.2) is 4.99 Å². The number of benzene rings is 1. The number of carbonyl (C=O) groups is 1. The van der Waals surface area contributed by atoms with Crippen LogP contribution in [0.4, 0.5) is 0 Å². The van der Waals surface area contributed by atoms with Crippen molar-refractivity contribution in [1.82, 2.24) is 15.5 Å². The highest BCUT2D eigenvalue weighted by Gasteiger charge is 2.09. The fourth-order valence-electron chi connectivity index (χ4n) is 1.67. The van der Waals surface area contributed by atoms with Gasteiger partial charge >= 0.3 is 0 Å². The van der Waals surface area contributed by atoms with Crippen molar-refractivity contribution in [1.29, 1.82) is 0 Å². The topological polar surface area (TPSA) is 56.7 Å². The Morgan fingerprint density at radius 1 is 1.50 bits per heavy atom. The third-order valence-electron chi connectivity index (χ3n) is 2.99. The first-order chi connectivity index (χ1) is 10.4. The van der Waals surface area contributed by atoms with Crippen molar-refractivity contribution in [2.75, 3.05) is 27.2 Å². The lowest BCUT2D eigenvalue weighted by Gasteiger charge is -2.18. The Balaban J connectivity index is 2.77. The number of hydrogen-bond acceptors (Lipinski definition) is 2. The quantitative estimate of drug-likeness (QED) is 0.479. The zero-order chi connectivity index (χ0) is 16.5. The monoisotopic (exact) mass is 322 g/mol. The normalized spacial score (nSPS) is 12.5. The number of amides is 1. The van der Waals surface area contributed by atoms with E-state index in [0.717, 1.165) is 5.56 Å². The van der Waals surface area contributed by atoms with Gasteiger partial charge in [-0.05, 0) is 24.6 Å². The average Bonchev–Trinajstić information content (AvgIpc) is 2.49. The molecule has 2 N–H and O–H groups in total. The van der Waals surface area contributed by atoms with E-state index in [4.69, 9.17) is 11.6 Å². The number of halogens is 1. The van der Waals surface area contributed by atoms with E-state index in [2.05, 4.69) is 22.2 Å². The maximum atomic E-state index is 11.6. The summed E-state index contributed by atoms with van der Waals surface area (Å²) >= 11 is 6.01. The van der Waals surface area contributed by atoms with Gasteiger partial charge in [0.25, 0.3) is 0 Å². The molecular weight excluding hydrogens is 300 g/mol. The number of rotatable bonds is 6. The van der Waals surface area contributed by atoms with Crippen molar-refractivity contribution < 1.29 is 4.79 Å². The molecule has 6 heteroatoms. The molecule has 0 aliphatic heterocycles. The zero-order valence-corrected chi connectivity index (χ0v) is 14.0. The molecular formula is C16H23ClN4O. The first-order valence-electron chi connectivity index (χ1n) is 7.05. The second kappa shape index (κ2) is 9.10. The Morgan fingerprint density at radius 2 is 2.23 bits per heavy atom. The third kappa shape index (κ3) is 6.18. The van der Waals surface area contributed by atoms with Crippen LogP contribution in [0.25, 0.3) is 0 Å². The van der Waals surface area contributed by atoms with Gasteiger partial charge in [0.2, 0.25) is 5.91 Å². The van der Waals surface area contributed by atoms with Crippen LogP contribution in [0, 0.1) is 0 Å². The van der Waals surface area contributed by atoms with Gasteiger partial charge in [-0.2, -0.15) is 0 Å². The van der Waals surface area contributed by atoms with Gasteiger partial charge < -0.3 is 15.5 Å². The standard InChI is InChI=1S/C16H23ClN4O/c1-5-9-18-16(19-11-15(22)21(3)4)20-12(2)13-7-6-8-14(17)10-13/h5-8,10,12H,1,9,11H2,2-4H3,(H2,18,19,20). The summed E-state index contributed by atoms with van der Waals surface area (Å²) in [6.07, 6.45) is 1.73. The lowest BCUT2D eigenvalue weighted by Crippen LogP contribution is -2.39. The SMILES string of the molecule is C=CCNC(=NCC(=O)N(C)C)NC(C)c1cccc(Cl)c1. The number of likely N-dealkylation sites (N-methyl/N-ethyl adjacent to an activating group) is 1. The van der Waals surface area contributed by atoms with Crippen LogP contribution in [-0.2, 0) is 4.79 Å². The molecule has 0 saturated heterocycles. The average molecular weight is 323 g/mol. The summed E-state index contributed by atoms with van der Waals surface area (Å²) < 4.78 is 0. The molecule has 1 atom stereocenters. The van der Waals surface area contributed by atoms with Crippen LogP contribution in [0.5, 0.6) is 0 Å². The molecule has 5 nitrogen and oxygen atoms in total. The van der Waals surface area contributed by atoms with Gasteiger partial charge in [-0.1, -0.05) is 29.8 Å². The van der Waals surface area contributed by atoms with Crippen LogP contribution in [-0.4, -0.2) is 44.0 Å². The highest BCUT2D eigenvalue weighted by Crippen LogP contribution is 2.17. The van der Waals surface area contributed by atoms with Crippen molar-refractivity contribution >= 4 is 23.5 Å². The van der Waals surface area contributed by atoms with Crippen LogP contribution in [0.1, 0.15) is 18.5 Å². The molecule has 0 radical (unpaired) electrons. The molecule has 0 aliphatic rings. The van der Waals surface area contributed by atoms with E-state index < -0.39 is 0 Å². The smallest absolute Gasteiger partial charge is 0.243 e. The van der Waals surface area contributed by atoms with E-state index >= 15 is 0 Å². The van der Waals surface area contributed by atoms with Gasteiger partial charge in [0.15, 0.2) is 5.96 Å². The summed E-state index contributed by atoms with van der Waals surface area (Å²) in [6, 6.07) is 7.62. The van der Waals surface area contributed by atoms with E-state index in [1.54, 1.807) is 20.2 Å². The van der Waals surface area contributed by atoms with E-state index in [-0.39, 0.29) is 18.5 Å². The van der Waals surface area contributed by atoms with Crippen molar-refractivity contribution in [3.8, 4) is 0 Å². The number of carbonyl (C=O) groups excluding carboxylic acids is 1. The molecule has 0 bridgehead atoms. The van der Waals surface area contributed by atoms with Crippen LogP contribution in [0.3, 0.4) is 0 Å². The molecule has 0 spiro atoms. The predicted molar refractivity (Wildman–Crippen MR) is 92.2 cm³/mol. The first kappa shape index (κ1) is 18.0. The molecule has 1 amide bonds. The fraction of sp³-hybridized carbons (Fsp3) is 0.375. The molecule has 1 rings (SSSR count). The van der Waals surface area contributed by atoms with Gasteiger partial charge in [-0.15, -0.1) is 6.58 Å². The van der Waals surface area contributed by atoms with Crippen LogP contribution in [0.15, 0.2) is 41.9 Å². The van der Waals surface area contributed by atoms with E-state index in [9.17, 15) is 4.79 Å². The Bertz CT molecular complexity index is 543. The van der Waals surface area contributed by atoms with Gasteiger partial charge in [0.1, 0.15) is 6.54 Å². The molecule has 0 fully saturated rings. The van der Waals surface area contributed by atoms with Crippen molar-refractivity contribution in [2.45, 2.75) is 13.0 Å². The fourth-order valence-corrected chi connectivity index (χ4v) is 1.87. The molecule has 0 aliphatic carbocycles. The minimum Gasteiger partial charge on any atom is -0.353 e. The van der Waals surface area contributed by atoms with Gasteiger partial charge in [-0.3, -0.25) is 4.79 Å². The second-order valence-electron chi connectivity index (χ2n) is 5.04. The number of hydrogen-bond donors (Lipinski definition) is 2. The molecule has 1 unspecified atom stereocenters. The highest BCUT2D eigenvalue weighted by molar-refractivity contribution is 6.30. The minimum absolute atomic E-state index is 0.00391. The summed E-state index contributed by atoms with van der Waals surface area (Å²) in [5.74, 6) is 0.498. The van der Waals surface area contributed by atoms with Crippen LogP contribution < -0.4 is 10.6 Å². The van der Waals surface area contributed by atoms with Crippen molar-refractivity contribution in [2.24, 2.45) is 4.99 Å². The Hall–Kier alpha value is -2.01. The summed E-state index contributed by atoms with van der Waals surface area (Å²) in [5.41, 5.74) is 1.04. The Labute approximate surface area is 137 Å².